The largest absolute Gasteiger partial charge is 0.494 e. The molecular weight excluding hydrogens is 406 g/mol. The van der Waals surface area contributed by atoms with Crippen molar-refractivity contribution in [2.45, 2.75) is 64.7 Å². The number of ketones is 2. The Morgan fingerprint density at radius 3 is 1.88 bits per heavy atom. The van der Waals surface area contributed by atoms with E-state index in [1.807, 2.05) is 12.1 Å². The number of hydrogen-bond donors (Lipinski definition) is 0. The third kappa shape index (κ3) is 6.98. The minimum Gasteiger partial charge on any atom is -0.494 e. The first kappa shape index (κ1) is 25.2. The van der Waals surface area contributed by atoms with E-state index in [0.717, 1.165) is 37.9 Å². The zero-order valence-electron chi connectivity index (χ0n) is 19.4. The number of nitriles is 1. The molecule has 0 atom stereocenters. The third-order valence-electron chi connectivity index (χ3n) is 5.67. The number of carbonyl (C=O) groups is 2. The monoisotopic (exact) mass is 439 g/mol. The second-order valence-corrected chi connectivity index (χ2v) is 7.89. The molecule has 1 aliphatic rings. The molecule has 0 amide bonds. The van der Waals surface area contributed by atoms with Crippen LogP contribution in [0.25, 0.3) is 0 Å². The summed E-state index contributed by atoms with van der Waals surface area (Å²) < 4.78 is 15.9. The van der Waals surface area contributed by atoms with Gasteiger partial charge in [0, 0.05) is 11.1 Å². The molecule has 0 heterocycles. The molecule has 6 heteroatoms. The van der Waals surface area contributed by atoms with Crippen LogP contribution in [-0.2, 0) is 19.1 Å². The number of hydrogen-bond acceptors (Lipinski definition) is 6. The van der Waals surface area contributed by atoms with Crippen molar-refractivity contribution in [3.05, 3.63) is 52.5 Å². The number of nitrogens with zero attached hydrogens (tertiary/aromatic N) is 1. The van der Waals surface area contributed by atoms with Gasteiger partial charge in [-0.25, -0.2) is 0 Å². The molecule has 0 radical (unpaired) electrons. The van der Waals surface area contributed by atoms with Crippen LogP contribution in [0.3, 0.4) is 0 Å². The van der Waals surface area contributed by atoms with Gasteiger partial charge in [-0.05, 0) is 50.5 Å². The van der Waals surface area contributed by atoms with E-state index in [-0.39, 0.29) is 23.1 Å². The summed E-state index contributed by atoms with van der Waals surface area (Å²) in [6, 6.07) is 9.28. The van der Waals surface area contributed by atoms with Gasteiger partial charge in [-0.15, -0.1) is 0 Å². The van der Waals surface area contributed by atoms with Gasteiger partial charge in [0.15, 0.2) is 0 Å². The number of allylic oxidation sites excluding steroid dienone is 2. The first-order valence-electron chi connectivity index (χ1n) is 11.3. The van der Waals surface area contributed by atoms with E-state index >= 15 is 0 Å². The maximum Gasteiger partial charge on any atom is 0.228 e. The van der Waals surface area contributed by atoms with E-state index in [1.165, 1.54) is 33.5 Å². The van der Waals surface area contributed by atoms with Crippen molar-refractivity contribution in [2.75, 3.05) is 20.8 Å². The van der Waals surface area contributed by atoms with Gasteiger partial charge in [-0.3, -0.25) is 9.59 Å². The molecule has 172 valence electrons. The van der Waals surface area contributed by atoms with Gasteiger partial charge in [0.25, 0.3) is 0 Å². The van der Waals surface area contributed by atoms with Crippen molar-refractivity contribution in [1.82, 2.24) is 0 Å². The Morgan fingerprint density at radius 1 is 0.781 bits per heavy atom. The molecule has 1 aromatic rings. The Hall–Kier alpha value is -3.07. The lowest BCUT2D eigenvalue weighted by Crippen LogP contribution is -2.25. The zero-order valence-corrected chi connectivity index (χ0v) is 19.4. The van der Waals surface area contributed by atoms with Gasteiger partial charge in [0.2, 0.25) is 23.1 Å². The molecule has 0 aliphatic heterocycles. The van der Waals surface area contributed by atoms with Crippen molar-refractivity contribution in [3.8, 4) is 11.8 Å². The molecule has 0 N–H and O–H groups in total. The summed E-state index contributed by atoms with van der Waals surface area (Å²) in [5.41, 5.74) is 1.66. The summed E-state index contributed by atoms with van der Waals surface area (Å²) in [5.74, 6) is 0.327. The molecule has 32 heavy (non-hydrogen) atoms. The van der Waals surface area contributed by atoms with Gasteiger partial charge >= 0.3 is 0 Å². The third-order valence-corrected chi connectivity index (χ3v) is 5.67. The summed E-state index contributed by atoms with van der Waals surface area (Å²) >= 11 is 0. The number of Topliss-reactive ketones (excluding diaryl/α,β-unsaturated/α-hetero) is 2. The zero-order chi connectivity index (χ0) is 23.3. The Kier molecular flexibility index (Phi) is 10.5. The van der Waals surface area contributed by atoms with Gasteiger partial charge in [0.05, 0.1) is 32.5 Å². The van der Waals surface area contributed by atoms with Crippen molar-refractivity contribution in [3.63, 3.8) is 0 Å². The van der Waals surface area contributed by atoms with Crippen LogP contribution in [0.1, 0.15) is 70.3 Å². The summed E-state index contributed by atoms with van der Waals surface area (Å²) in [7, 11) is 2.76. The van der Waals surface area contributed by atoms with Gasteiger partial charge in [-0.2, -0.15) is 5.26 Å². The molecule has 1 aromatic carbocycles. The van der Waals surface area contributed by atoms with Crippen LogP contribution in [0.4, 0.5) is 0 Å². The Bertz CT molecular complexity index is 890. The molecule has 0 spiro atoms. The standard InChI is InChI=1S/C26H33NO5/c1-19-22(24(29)26(31-3)25(30-2)23(19)28)12-10-8-6-4-5-7-9-11-17-32-21-15-13-20(18-27)14-16-21/h13-16H,4-12,17H2,1-3H3. The SMILES string of the molecule is COC1=C(OC)C(=O)C(CCCCCCCCCCOc2ccc(C#N)cc2)=C(C)C1=O. The van der Waals surface area contributed by atoms with E-state index < -0.39 is 0 Å². The van der Waals surface area contributed by atoms with Gasteiger partial charge in [-0.1, -0.05) is 38.5 Å². The van der Waals surface area contributed by atoms with Crippen LogP contribution in [0.15, 0.2) is 46.9 Å². The first-order chi connectivity index (χ1) is 15.5. The fourth-order valence-electron chi connectivity index (χ4n) is 3.77. The predicted octanol–water partition coefficient (Wildman–Crippen LogP) is 5.42. The second-order valence-electron chi connectivity index (χ2n) is 7.89. The van der Waals surface area contributed by atoms with Gasteiger partial charge in [0.1, 0.15) is 5.75 Å². The average Bonchev–Trinajstić information content (AvgIpc) is 2.81. The molecular formula is C26H33NO5. The lowest BCUT2D eigenvalue weighted by molar-refractivity contribution is -0.121. The molecule has 0 bridgehead atoms. The van der Waals surface area contributed by atoms with Crippen molar-refractivity contribution in [1.29, 1.82) is 5.26 Å². The van der Waals surface area contributed by atoms with E-state index in [2.05, 4.69) is 6.07 Å². The molecule has 0 saturated carbocycles. The fourth-order valence-corrected chi connectivity index (χ4v) is 3.77. The van der Waals surface area contributed by atoms with Gasteiger partial charge < -0.3 is 14.2 Å². The minimum absolute atomic E-state index is 0.000975. The van der Waals surface area contributed by atoms with Crippen LogP contribution in [0.5, 0.6) is 5.75 Å². The summed E-state index contributed by atoms with van der Waals surface area (Å²) in [6.07, 6.45) is 9.29. The molecule has 2 rings (SSSR count). The molecule has 0 unspecified atom stereocenters. The molecule has 0 aromatic heterocycles. The first-order valence-corrected chi connectivity index (χ1v) is 11.3. The van der Waals surface area contributed by atoms with Crippen LogP contribution in [0.2, 0.25) is 0 Å². The molecule has 6 nitrogen and oxygen atoms in total. The maximum atomic E-state index is 12.6. The Balaban J connectivity index is 1.55. The highest BCUT2D eigenvalue weighted by Gasteiger charge is 2.34. The predicted molar refractivity (Wildman–Crippen MR) is 122 cm³/mol. The molecule has 0 saturated heterocycles. The second kappa shape index (κ2) is 13.4. The van der Waals surface area contributed by atoms with E-state index in [4.69, 9.17) is 19.5 Å². The maximum absolute atomic E-state index is 12.6. The number of benzene rings is 1. The topological polar surface area (TPSA) is 85.6 Å². The highest BCUT2D eigenvalue weighted by Crippen LogP contribution is 2.28. The highest BCUT2D eigenvalue weighted by atomic mass is 16.5. The highest BCUT2D eigenvalue weighted by molar-refractivity contribution is 6.23. The van der Waals surface area contributed by atoms with Crippen LogP contribution < -0.4 is 4.74 Å². The number of carbonyl (C=O) groups excluding carboxylic acids is 2. The van der Waals surface area contributed by atoms with Crippen molar-refractivity contribution >= 4 is 11.6 Å². The number of unbranched alkanes of at least 4 members (excludes halogenated alkanes) is 7. The van der Waals surface area contributed by atoms with Crippen LogP contribution >= 0.6 is 0 Å². The molecule has 0 fully saturated rings. The number of ether oxygens (including phenoxy) is 3. The van der Waals surface area contributed by atoms with Crippen molar-refractivity contribution in [2.24, 2.45) is 0 Å². The normalized spacial score (nSPS) is 13.9. The summed E-state index contributed by atoms with van der Waals surface area (Å²) in [4.78, 5) is 25.0. The Morgan fingerprint density at radius 2 is 1.31 bits per heavy atom. The van der Waals surface area contributed by atoms with E-state index in [9.17, 15) is 9.59 Å². The average molecular weight is 440 g/mol. The Labute approximate surface area is 190 Å². The fraction of sp³-hybridized carbons (Fsp3) is 0.500. The quantitative estimate of drug-likeness (QED) is 0.284. The van der Waals surface area contributed by atoms with Crippen molar-refractivity contribution < 1.29 is 23.8 Å². The lowest BCUT2D eigenvalue weighted by Gasteiger charge is -2.20. The van der Waals surface area contributed by atoms with Crippen LogP contribution in [0, 0.1) is 11.3 Å². The number of methoxy groups -OCH3 is 2. The van der Waals surface area contributed by atoms with E-state index in [1.54, 1.807) is 19.1 Å². The van der Waals surface area contributed by atoms with E-state index in [0.29, 0.717) is 29.7 Å². The molecule has 1 aliphatic carbocycles. The smallest absolute Gasteiger partial charge is 0.228 e. The minimum atomic E-state index is -0.262. The summed E-state index contributed by atoms with van der Waals surface area (Å²) in [5, 5.41) is 8.79. The van der Waals surface area contributed by atoms with Crippen LogP contribution in [-0.4, -0.2) is 32.4 Å². The lowest BCUT2D eigenvalue weighted by atomic mass is 9.89. The number of rotatable bonds is 14. The summed E-state index contributed by atoms with van der Waals surface area (Å²) in [6.45, 7) is 2.38.